The van der Waals surface area contributed by atoms with Crippen LogP contribution in [-0.4, -0.2) is 33.4 Å². The maximum atomic E-state index is 12.3. The van der Waals surface area contributed by atoms with Gasteiger partial charge in [-0.2, -0.15) is 5.10 Å². The molecule has 3 aromatic heterocycles. The molecule has 3 heterocycles. The predicted octanol–water partition coefficient (Wildman–Crippen LogP) is 0.956. The van der Waals surface area contributed by atoms with Crippen molar-refractivity contribution in [2.75, 3.05) is 14.2 Å². The molecule has 0 saturated carbocycles. The van der Waals surface area contributed by atoms with E-state index in [4.69, 9.17) is 9.47 Å². The highest BCUT2D eigenvalue weighted by atomic mass is 16.5. The lowest BCUT2D eigenvalue weighted by atomic mass is 10.3. The molecule has 0 spiro atoms. The number of rotatable bonds is 4. The first-order valence-electron chi connectivity index (χ1n) is 6.33. The molecule has 0 aliphatic rings. The summed E-state index contributed by atoms with van der Waals surface area (Å²) in [6.45, 7) is 0.209. The predicted molar refractivity (Wildman–Crippen MR) is 75.9 cm³/mol. The molecule has 0 saturated heterocycles. The van der Waals surface area contributed by atoms with Crippen LogP contribution in [0.3, 0.4) is 0 Å². The summed E-state index contributed by atoms with van der Waals surface area (Å²) in [6.07, 6.45) is 4.97. The highest BCUT2D eigenvalue weighted by Gasteiger charge is 2.13. The molecule has 0 fully saturated rings. The molecule has 0 aromatic carbocycles. The van der Waals surface area contributed by atoms with Gasteiger partial charge in [0, 0.05) is 18.5 Å². The highest BCUT2D eigenvalue weighted by Crippen LogP contribution is 2.29. The summed E-state index contributed by atoms with van der Waals surface area (Å²) < 4.78 is 13.6. The molecule has 0 amide bonds. The van der Waals surface area contributed by atoms with Crippen molar-refractivity contribution in [1.29, 1.82) is 0 Å². The van der Waals surface area contributed by atoms with Gasteiger partial charge in [-0.15, -0.1) is 0 Å². The van der Waals surface area contributed by atoms with Crippen LogP contribution in [0, 0.1) is 0 Å². The molecular weight excluding hydrogens is 272 g/mol. The maximum absolute atomic E-state index is 12.3. The molecule has 0 atom stereocenters. The minimum atomic E-state index is -0.186. The van der Waals surface area contributed by atoms with E-state index in [0.29, 0.717) is 22.7 Å². The summed E-state index contributed by atoms with van der Waals surface area (Å²) in [7, 11) is 3.09. The van der Waals surface area contributed by atoms with E-state index in [9.17, 15) is 4.79 Å². The number of methoxy groups -OCH3 is 2. The highest BCUT2D eigenvalue weighted by molar-refractivity contribution is 5.45. The Morgan fingerprint density at radius 3 is 2.86 bits per heavy atom. The van der Waals surface area contributed by atoms with Crippen molar-refractivity contribution in [2.45, 2.75) is 6.54 Å². The molecule has 108 valence electrons. The first-order chi connectivity index (χ1) is 10.2. The van der Waals surface area contributed by atoms with E-state index in [1.54, 1.807) is 48.4 Å². The van der Waals surface area contributed by atoms with Crippen molar-refractivity contribution >= 4 is 5.52 Å². The molecular formula is C14H14N4O3. The van der Waals surface area contributed by atoms with Crippen LogP contribution in [0.1, 0.15) is 5.69 Å². The van der Waals surface area contributed by atoms with Crippen LogP contribution in [0.2, 0.25) is 0 Å². The lowest BCUT2D eigenvalue weighted by Gasteiger charge is -2.12. The molecule has 0 bridgehead atoms. The van der Waals surface area contributed by atoms with Gasteiger partial charge in [-0.05, 0) is 12.1 Å². The number of pyridine rings is 1. The number of nitrogens with zero attached hydrogens (tertiary/aromatic N) is 4. The second-order valence-corrected chi connectivity index (χ2v) is 4.39. The van der Waals surface area contributed by atoms with E-state index in [2.05, 4.69) is 10.1 Å². The molecule has 7 heteroatoms. The summed E-state index contributed by atoms with van der Waals surface area (Å²) in [5.41, 5.74) is 0.961. The fraction of sp³-hybridized carbons (Fsp3) is 0.214. The van der Waals surface area contributed by atoms with Gasteiger partial charge in [-0.1, -0.05) is 0 Å². The molecule has 0 unspecified atom stereocenters. The Morgan fingerprint density at radius 2 is 2.10 bits per heavy atom. The Morgan fingerprint density at radius 1 is 1.24 bits per heavy atom. The van der Waals surface area contributed by atoms with Crippen LogP contribution >= 0.6 is 0 Å². The third-order valence-electron chi connectivity index (χ3n) is 3.21. The van der Waals surface area contributed by atoms with E-state index < -0.39 is 0 Å². The second-order valence-electron chi connectivity index (χ2n) is 4.39. The number of ether oxygens (including phenoxy) is 2. The maximum Gasteiger partial charge on any atom is 0.291 e. The summed E-state index contributed by atoms with van der Waals surface area (Å²) >= 11 is 0. The molecule has 0 aliphatic carbocycles. The minimum Gasteiger partial charge on any atom is -0.493 e. The average Bonchev–Trinajstić information content (AvgIpc) is 2.99. The zero-order valence-electron chi connectivity index (χ0n) is 11.7. The molecule has 0 aliphatic heterocycles. The largest absolute Gasteiger partial charge is 0.493 e. The van der Waals surface area contributed by atoms with Gasteiger partial charge in [0.1, 0.15) is 17.5 Å². The van der Waals surface area contributed by atoms with Crippen molar-refractivity contribution in [1.82, 2.24) is 19.2 Å². The van der Waals surface area contributed by atoms with Crippen molar-refractivity contribution in [3.63, 3.8) is 0 Å². The third-order valence-corrected chi connectivity index (χ3v) is 3.21. The molecule has 21 heavy (non-hydrogen) atoms. The summed E-state index contributed by atoms with van der Waals surface area (Å²) in [6, 6.07) is 5.25. The lowest BCUT2D eigenvalue weighted by Crippen LogP contribution is -2.25. The van der Waals surface area contributed by atoms with Crippen LogP contribution in [0.5, 0.6) is 11.5 Å². The Hall–Kier alpha value is -2.83. The summed E-state index contributed by atoms with van der Waals surface area (Å²) in [4.78, 5) is 16.6. The quantitative estimate of drug-likeness (QED) is 0.714. The van der Waals surface area contributed by atoms with E-state index in [1.807, 2.05) is 0 Å². The van der Waals surface area contributed by atoms with Gasteiger partial charge in [-0.25, -0.2) is 4.68 Å². The Balaban J connectivity index is 2.06. The molecule has 0 radical (unpaired) electrons. The first-order valence-corrected chi connectivity index (χ1v) is 6.33. The number of aromatic nitrogens is 4. The molecule has 3 aromatic rings. The van der Waals surface area contributed by atoms with E-state index in [1.165, 1.54) is 11.8 Å². The van der Waals surface area contributed by atoms with Crippen LogP contribution < -0.4 is 15.0 Å². The van der Waals surface area contributed by atoms with Gasteiger partial charge in [0.15, 0.2) is 11.5 Å². The number of fused-ring (bicyclic) bond motifs is 1. The fourth-order valence-corrected chi connectivity index (χ4v) is 2.20. The molecule has 3 rings (SSSR count). The number of hydrogen-bond acceptors (Lipinski definition) is 5. The Bertz CT molecular complexity index is 838. The normalized spacial score (nSPS) is 10.8. The van der Waals surface area contributed by atoms with Crippen molar-refractivity contribution in [3.05, 3.63) is 53.0 Å². The second kappa shape index (κ2) is 5.28. The average molecular weight is 286 g/mol. The van der Waals surface area contributed by atoms with Gasteiger partial charge >= 0.3 is 0 Å². The van der Waals surface area contributed by atoms with E-state index in [-0.39, 0.29) is 12.1 Å². The third kappa shape index (κ3) is 2.22. The molecule has 7 nitrogen and oxygen atoms in total. The van der Waals surface area contributed by atoms with Crippen molar-refractivity contribution in [2.24, 2.45) is 0 Å². The Kier molecular flexibility index (Phi) is 3.31. The Labute approximate surface area is 120 Å². The van der Waals surface area contributed by atoms with E-state index in [0.717, 1.165) is 0 Å². The zero-order chi connectivity index (χ0) is 14.8. The topological polar surface area (TPSA) is 70.6 Å². The lowest BCUT2D eigenvalue weighted by molar-refractivity contribution is 0.347. The van der Waals surface area contributed by atoms with Crippen molar-refractivity contribution in [3.8, 4) is 11.5 Å². The van der Waals surface area contributed by atoms with Gasteiger partial charge < -0.3 is 13.9 Å². The van der Waals surface area contributed by atoms with Crippen LogP contribution in [0.15, 0.2) is 41.7 Å². The molecule has 0 N–H and O–H groups in total. The standard InChI is InChI=1S/C14H14N4O3/c1-20-12-5-6-15-10(13(12)21-2)8-18-14(19)11-4-3-7-17(11)9-16-18/h3-7,9H,8H2,1-2H3. The summed E-state index contributed by atoms with van der Waals surface area (Å²) in [5, 5.41) is 4.14. The minimum absolute atomic E-state index is 0.186. The van der Waals surface area contributed by atoms with Gasteiger partial charge in [0.25, 0.3) is 5.56 Å². The first kappa shape index (κ1) is 13.2. The van der Waals surface area contributed by atoms with Crippen molar-refractivity contribution < 1.29 is 9.47 Å². The van der Waals surface area contributed by atoms with Crippen LogP contribution in [-0.2, 0) is 6.54 Å². The monoisotopic (exact) mass is 286 g/mol. The SMILES string of the molecule is COc1ccnc(Cn2ncn3cccc3c2=O)c1OC. The van der Waals surface area contributed by atoms with Crippen LogP contribution in [0.4, 0.5) is 0 Å². The van der Waals surface area contributed by atoms with E-state index >= 15 is 0 Å². The number of hydrogen-bond donors (Lipinski definition) is 0. The van der Waals surface area contributed by atoms with Crippen LogP contribution in [0.25, 0.3) is 5.52 Å². The van der Waals surface area contributed by atoms with Gasteiger partial charge in [-0.3, -0.25) is 9.78 Å². The smallest absolute Gasteiger partial charge is 0.291 e. The zero-order valence-corrected chi connectivity index (χ0v) is 11.7. The van der Waals surface area contributed by atoms with Gasteiger partial charge in [0.2, 0.25) is 0 Å². The van der Waals surface area contributed by atoms with Gasteiger partial charge in [0.05, 0.1) is 20.8 Å². The summed E-state index contributed by atoms with van der Waals surface area (Å²) in [5.74, 6) is 1.07. The fourth-order valence-electron chi connectivity index (χ4n) is 2.20.